The molecule has 2 rings (SSSR count). The summed E-state index contributed by atoms with van der Waals surface area (Å²) in [5, 5.41) is 2.63. The van der Waals surface area contributed by atoms with Gasteiger partial charge in [-0.15, -0.1) is 0 Å². The van der Waals surface area contributed by atoms with Gasteiger partial charge in [-0.1, -0.05) is 6.07 Å². The molecule has 2 amide bonds. The van der Waals surface area contributed by atoms with E-state index in [4.69, 9.17) is 15.3 Å². The van der Waals surface area contributed by atoms with E-state index in [9.17, 15) is 4.79 Å². The van der Waals surface area contributed by atoms with Crippen LogP contribution in [0.15, 0.2) is 18.2 Å². The number of nitrogens with two attached hydrogens (primary N) is 1. The first-order valence-corrected chi connectivity index (χ1v) is 5.92. The number of hydrogen-bond acceptors (Lipinski definition) is 4. The van der Waals surface area contributed by atoms with Gasteiger partial charge in [-0.25, -0.2) is 10.6 Å². The van der Waals surface area contributed by atoms with Crippen LogP contribution in [-0.2, 0) is 6.42 Å². The molecule has 0 fully saturated rings. The van der Waals surface area contributed by atoms with Crippen molar-refractivity contribution >= 4 is 6.03 Å². The standard InChI is InChI=1S/C12H17N3O3/c13-15-12(16)14-5-4-9-2-3-10-11(8-9)18-7-1-6-17-10/h2-3,8H,1,4-7,13H2,(H2,14,15,16). The van der Waals surface area contributed by atoms with E-state index in [2.05, 4.69) is 5.32 Å². The van der Waals surface area contributed by atoms with Crippen molar-refractivity contribution in [2.75, 3.05) is 19.8 Å². The van der Waals surface area contributed by atoms with Crippen molar-refractivity contribution in [2.24, 2.45) is 5.84 Å². The van der Waals surface area contributed by atoms with Crippen molar-refractivity contribution in [3.8, 4) is 11.5 Å². The van der Waals surface area contributed by atoms with Crippen LogP contribution in [0.25, 0.3) is 0 Å². The first kappa shape index (κ1) is 12.5. The number of rotatable bonds is 3. The number of carbonyl (C=O) groups excluding carboxylic acids is 1. The van der Waals surface area contributed by atoms with Crippen molar-refractivity contribution in [3.63, 3.8) is 0 Å². The third-order valence-corrected chi connectivity index (χ3v) is 2.64. The Hall–Kier alpha value is -1.95. The molecule has 1 aliphatic heterocycles. The largest absolute Gasteiger partial charge is 0.490 e. The molecule has 18 heavy (non-hydrogen) atoms. The molecule has 0 atom stereocenters. The maximum atomic E-state index is 10.9. The summed E-state index contributed by atoms with van der Waals surface area (Å²) in [6, 6.07) is 5.43. The van der Waals surface area contributed by atoms with E-state index in [1.54, 1.807) is 0 Å². The van der Waals surface area contributed by atoms with E-state index in [1.165, 1.54) is 0 Å². The van der Waals surface area contributed by atoms with Crippen molar-refractivity contribution < 1.29 is 14.3 Å². The van der Waals surface area contributed by atoms with Gasteiger partial charge in [-0.3, -0.25) is 5.43 Å². The molecule has 0 aliphatic carbocycles. The number of hydrazine groups is 1. The fraction of sp³-hybridized carbons (Fsp3) is 0.417. The second-order valence-electron chi connectivity index (χ2n) is 3.98. The summed E-state index contributed by atoms with van der Waals surface area (Å²) >= 11 is 0. The van der Waals surface area contributed by atoms with Crippen molar-refractivity contribution in [1.82, 2.24) is 10.7 Å². The average molecular weight is 251 g/mol. The number of hydrogen-bond donors (Lipinski definition) is 3. The molecule has 0 aromatic heterocycles. The van der Waals surface area contributed by atoms with Gasteiger partial charge in [0, 0.05) is 13.0 Å². The molecule has 4 N–H and O–H groups in total. The molecule has 0 saturated heterocycles. The predicted octanol–water partition coefficient (Wildman–Crippen LogP) is 0.563. The van der Waals surface area contributed by atoms with Gasteiger partial charge in [-0.2, -0.15) is 0 Å². The van der Waals surface area contributed by atoms with Crippen LogP contribution in [0.1, 0.15) is 12.0 Å². The lowest BCUT2D eigenvalue weighted by Crippen LogP contribution is -2.40. The summed E-state index contributed by atoms with van der Waals surface area (Å²) in [7, 11) is 0. The van der Waals surface area contributed by atoms with E-state index >= 15 is 0 Å². The minimum absolute atomic E-state index is 0.385. The summed E-state index contributed by atoms with van der Waals surface area (Å²) in [5.41, 5.74) is 3.09. The predicted molar refractivity (Wildman–Crippen MR) is 66.5 cm³/mol. The molecule has 1 aromatic rings. The van der Waals surface area contributed by atoms with Crippen LogP contribution in [0.5, 0.6) is 11.5 Å². The van der Waals surface area contributed by atoms with Crippen LogP contribution >= 0.6 is 0 Å². The smallest absolute Gasteiger partial charge is 0.328 e. The number of amides is 2. The molecule has 0 unspecified atom stereocenters. The molecule has 0 radical (unpaired) electrons. The molecule has 98 valence electrons. The number of ether oxygens (including phenoxy) is 2. The molecule has 1 heterocycles. The van der Waals surface area contributed by atoms with Gasteiger partial charge in [0.25, 0.3) is 0 Å². The molecule has 1 aromatic carbocycles. The Morgan fingerprint density at radius 3 is 2.83 bits per heavy atom. The Kier molecular flexibility index (Phi) is 4.25. The third-order valence-electron chi connectivity index (χ3n) is 2.64. The summed E-state index contributed by atoms with van der Waals surface area (Å²) in [5.74, 6) is 6.51. The van der Waals surface area contributed by atoms with Crippen LogP contribution in [0.2, 0.25) is 0 Å². The fourth-order valence-electron chi connectivity index (χ4n) is 1.73. The highest BCUT2D eigenvalue weighted by atomic mass is 16.5. The minimum atomic E-state index is -0.385. The van der Waals surface area contributed by atoms with Gasteiger partial charge in [0.15, 0.2) is 11.5 Å². The minimum Gasteiger partial charge on any atom is -0.490 e. The summed E-state index contributed by atoms with van der Waals surface area (Å²) in [6.07, 6.45) is 1.60. The highest BCUT2D eigenvalue weighted by Crippen LogP contribution is 2.30. The first-order chi connectivity index (χ1) is 8.79. The second-order valence-corrected chi connectivity index (χ2v) is 3.98. The Bertz CT molecular complexity index is 423. The monoisotopic (exact) mass is 251 g/mol. The highest BCUT2D eigenvalue weighted by molar-refractivity contribution is 5.72. The van der Waals surface area contributed by atoms with Gasteiger partial charge in [0.05, 0.1) is 13.2 Å². The summed E-state index contributed by atoms with van der Waals surface area (Å²) in [4.78, 5) is 10.9. The SMILES string of the molecule is NNC(=O)NCCc1ccc2c(c1)OCCCO2. The maximum absolute atomic E-state index is 10.9. The van der Waals surface area contributed by atoms with Crippen LogP contribution in [0.3, 0.4) is 0 Å². The summed E-state index contributed by atoms with van der Waals surface area (Å²) < 4.78 is 11.1. The number of carbonyl (C=O) groups is 1. The molecule has 1 aliphatic rings. The molecule has 0 saturated carbocycles. The molecule has 0 bridgehead atoms. The van der Waals surface area contributed by atoms with Crippen molar-refractivity contribution in [1.29, 1.82) is 0 Å². The van der Waals surface area contributed by atoms with Gasteiger partial charge < -0.3 is 14.8 Å². The van der Waals surface area contributed by atoms with Gasteiger partial charge >= 0.3 is 6.03 Å². The van der Waals surface area contributed by atoms with Gasteiger partial charge in [0.2, 0.25) is 0 Å². The lowest BCUT2D eigenvalue weighted by Gasteiger charge is -2.09. The van der Waals surface area contributed by atoms with Gasteiger partial charge in [-0.05, 0) is 24.1 Å². The Morgan fingerprint density at radius 1 is 1.28 bits per heavy atom. The Labute approximate surface area is 105 Å². The average Bonchev–Trinajstić information content (AvgIpc) is 2.63. The summed E-state index contributed by atoms with van der Waals surface area (Å²) in [6.45, 7) is 1.87. The van der Waals surface area contributed by atoms with E-state index in [0.717, 1.165) is 23.5 Å². The van der Waals surface area contributed by atoms with Crippen molar-refractivity contribution in [3.05, 3.63) is 23.8 Å². The number of fused-ring (bicyclic) bond motifs is 1. The molecule has 6 nitrogen and oxygen atoms in total. The van der Waals surface area contributed by atoms with Crippen molar-refractivity contribution in [2.45, 2.75) is 12.8 Å². The fourth-order valence-corrected chi connectivity index (χ4v) is 1.73. The number of urea groups is 1. The Balaban J connectivity index is 1.93. The van der Waals surface area contributed by atoms with Crippen LogP contribution in [0, 0.1) is 0 Å². The molecule has 0 spiro atoms. The van der Waals surface area contributed by atoms with E-state index < -0.39 is 0 Å². The Morgan fingerprint density at radius 2 is 2.06 bits per heavy atom. The zero-order chi connectivity index (χ0) is 12.8. The molecular formula is C12H17N3O3. The molecular weight excluding hydrogens is 234 g/mol. The highest BCUT2D eigenvalue weighted by Gasteiger charge is 2.10. The van der Waals surface area contributed by atoms with E-state index in [0.29, 0.717) is 26.2 Å². The topological polar surface area (TPSA) is 85.6 Å². The third kappa shape index (κ3) is 3.27. The lowest BCUT2D eigenvalue weighted by atomic mass is 10.1. The number of benzene rings is 1. The first-order valence-electron chi connectivity index (χ1n) is 5.92. The zero-order valence-corrected chi connectivity index (χ0v) is 10.1. The van der Waals surface area contributed by atoms with Crippen LogP contribution in [-0.4, -0.2) is 25.8 Å². The van der Waals surface area contributed by atoms with Gasteiger partial charge in [0.1, 0.15) is 0 Å². The van der Waals surface area contributed by atoms with E-state index in [1.807, 2.05) is 23.6 Å². The van der Waals surface area contributed by atoms with Crippen LogP contribution in [0.4, 0.5) is 4.79 Å². The van der Waals surface area contributed by atoms with Crippen LogP contribution < -0.4 is 26.1 Å². The second kappa shape index (κ2) is 6.11. The number of nitrogens with one attached hydrogen (secondary N) is 2. The van der Waals surface area contributed by atoms with E-state index in [-0.39, 0.29) is 6.03 Å². The molecule has 6 heteroatoms. The lowest BCUT2D eigenvalue weighted by molar-refractivity contribution is 0.241. The normalized spacial score (nSPS) is 13.6. The zero-order valence-electron chi connectivity index (χ0n) is 10.1. The maximum Gasteiger partial charge on any atom is 0.328 e. The quantitative estimate of drug-likeness (QED) is 0.416.